The molecule has 1 aliphatic rings. The molecule has 1 aromatic carbocycles. The fourth-order valence-electron chi connectivity index (χ4n) is 2.88. The Balaban J connectivity index is 2.03. The third-order valence-corrected chi connectivity index (χ3v) is 5.63. The van der Waals surface area contributed by atoms with Crippen LogP contribution in [0.5, 0.6) is 0 Å². The third-order valence-electron chi connectivity index (χ3n) is 4.37. The Morgan fingerprint density at radius 3 is 2.81 bits per heavy atom. The van der Waals surface area contributed by atoms with Crippen molar-refractivity contribution in [1.29, 1.82) is 0 Å². The van der Waals surface area contributed by atoms with E-state index in [1.165, 1.54) is 16.0 Å². The van der Waals surface area contributed by atoms with Crippen LogP contribution < -0.4 is 5.32 Å². The van der Waals surface area contributed by atoms with Crippen LogP contribution in [0.25, 0.3) is 0 Å². The highest BCUT2D eigenvalue weighted by molar-refractivity contribution is 8.00. The average molecular weight is 307 g/mol. The maximum absolute atomic E-state index is 11.7. The van der Waals surface area contributed by atoms with Crippen LogP contribution in [0.3, 0.4) is 0 Å². The van der Waals surface area contributed by atoms with Crippen molar-refractivity contribution in [2.45, 2.75) is 62.1 Å². The highest BCUT2D eigenvalue weighted by Gasteiger charge is 2.45. The van der Waals surface area contributed by atoms with Crippen molar-refractivity contribution in [3.8, 4) is 0 Å². The Hall–Kier alpha value is -1.00. The van der Waals surface area contributed by atoms with Gasteiger partial charge in [-0.3, -0.25) is 4.79 Å². The van der Waals surface area contributed by atoms with E-state index in [0.29, 0.717) is 11.7 Å². The van der Waals surface area contributed by atoms with Crippen molar-refractivity contribution >= 4 is 17.7 Å². The van der Waals surface area contributed by atoms with E-state index in [9.17, 15) is 9.90 Å². The predicted octanol–water partition coefficient (Wildman–Crippen LogP) is 3.77. The zero-order chi connectivity index (χ0) is 15.5. The lowest BCUT2D eigenvalue weighted by Crippen LogP contribution is -2.50. The summed E-state index contributed by atoms with van der Waals surface area (Å²) in [5, 5.41) is 13.2. The van der Waals surface area contributed by atoms with E-state index < -0.39 is 11.5 Å². The number of carboxylic acids is 1. The van der Waals surface area contributed by atoms with Gasteiger partial charge in [-0.25, -0.2) is 0 Å². The van der Waals surface area contributed by atoms with Gasteiger partial charge in [-0.1, -0.05) is 13.0 Å². The van der Waals surface area contributed by atoms with E-state index >= 15 is 0 Å². The molecule has 1 aromatic rings. The van der Waals surface area contributed by atoms with Crippen molar-refractivity contribution in [3.63, 3.8) is 0 Å². The lowest BCUT2D eigenvalue weighted by atomic mass is 9.98. The molecular formula is C17H25NO2S. The van der Waals surface area contributed by atoms with Crippen molar-refractivity contribution in [2.75, 3.05) is 6.54 Å². The second kappa shape index (κ2) is 6.84. The maximum atomic E-state index is 11.7. The molecule has 1 saturated carbocycles. The molecule has 2 atom stereocenters. The van der Waals surface area contributed by atoms with Gasteiger partial charge in [0, 0.05) is 10.1 Å². The van der Waals surface area contributed by atoms with Crippen LogP contribution in [0.1, 0.15) is 43.7 Å². The molecular weight excluding hydrogens is 282 g/mol. The van der Waals surface area contributed by atoms with Gasteiger partial charge < -0.3 is 10.4 Å². The predicted molar refractivity (Wildman–Crippen MR) is 88.1 cm³/mol. The molecule has 4 heteroatoms. The molecule has 116 valence electrons. The molecule has 0 aliphatic heterocycles. The fourth-order valence-corrected chi connectivity index (χ4v) is 4.26. The number of thioether (sulfide) groups is 1. The first-order valence-corrected chi connectivity index (χ1v) is 8.57. The molecule has 2 N–H and O–H groups in total. The minimum Gasteiger partial charge on any atom is -0.480 e. The van der Waals surface area contributed by atoms with Gasteiger partial charge in [-0.2, -0.15) is 0 Å². The monoisotopic (exact) mass is 307 g/mol. The largest absolute Gasteiger partial charge is 0.480 e. The van der Waals surface area contributed by atoms with Crippen LogP contribution in [0.4, 0.5) is 0 Å². The van der Waals surface area contributed by atoms with E-state index in [1.54, 1.807) is 0 Å². The Bertz CT molecular complexity index is 518. The summed E-state index contributed by atoms with van der Waals surface area (Å²) >= 11 is 1.82. The van der Waals surface area contributed by atoms with Crippen molar-refractivity contribution in [1.82, 2.24) is 5.32 Å². The van der Waals surface area contributed by atoms with Gasteiger partial charge in [0.25, 0.3) is 0 Å². The molecule has 2 unspecified atom stereocenters. The highest BCUT2D eigenvalue weighted by Crippen LogP contribution is 2.40. The molecule has 2 rings (SSSR count). The Labute approximate surface area is 131 Å². The van der Waals surface area contributed by atoms with Crippen LogP contribution >= 0.6 is 11.8 Å². The van der Waals surface area contributed by atoms with Crippen LogP contribution in [-0.2, 0) is 4.79 Å². The van der Waals surface area contributed by atoms with Gasteiger partial charge in [0.2, 0.25) is 0 Å². The Morgan fingerprint density at radius 2 is 2.19 bits per heavy atom. The number of aliphatic carboxylic acids is 1. The summed E-state index contributed by atoms with van der Waals surface area (Å²) < 4.78 is 0. The molecule has 0 heterocycles. The van der Waals surface area contributed by atoms with E-state index in [-0.39, 0.29) is 0 Å². The summed E-state index contributed by atoms with van der Waals surface area (Å²) in [6.07, 6.45) is 3.36. The number of benzene rings is 1. The van der Waals surface area contributed by atoms with Crippen LogP contribution in [0.2, 0.25) is 0 Å². The second-order valence-electron chi connectivity index (χ2n) is 6.04. The summed E-state index contributed by atoms with van der Waals surface area (Å²) in [7, 11) is 0. The number of nitrogens with one attached hydrogen (secondary N) is 1. The van der Waals surface area contributed by atoms with E-state index in [2.05, 4.69) is 44.3 Å². The summed E-state index contributed by atoms with van der Waals surface area (Å²) in [4.78, 5) is 12.9. The number of rotatable bonds is 6. The number of carbonyl (C=O) groups is 1. The second-order valence-corrected chi connectivity index (χ2v) is 7.42. The molecule has 0 spiro atoms. The molecule has 0 radical (unpaired) electrons. The van der Waals surface area contributed by atoms with Gasteiger partial charge in [0.15, 0.2) is 0 Å². The molecule has 0 saturated heterocycles. The van der Waals surface area contributed by atoms with Crippen molar-refractivity contribution < 1.29 is 9.90 Å². The normalized spacial score (nSPS) is 25.2. The number of aryl methyl sites for hydroxylation is 2. The van der Waals surface area contributed by atoms with Gasteiger partial charge in [-0.15, -0.1) is 11.8 Å². The molecule has 1 fully saturated rings. The highest BCUT2D eigenvalue weighted by atomic mass is 32.2. The summed E-state index contributed by atoms with van der Waals surface area (Å²) in [5.41, 5.74) is 1.88. The third kappa shape index (κ3) is 3.80. The van der Waals surface area contributed by atoms with Gasteiger partial charge in [0.1, 0.15) is 5.54 Å². The lowest BCUT2D eigenvalue weighted by Gasteiger charge is -2.25. The zero-order valence-electron chi connectivity index (χ0n) is 13.1. The SMILES string of the molecule is CCCNC1(C(=O)O)CCC(Sc2ccc(C)c(C)c2)C1. The fraction of sp³-hybridized carbons (Fsp3) is 0.588. The number of hydrogen-bond donors (Lipinski definition) is 2. The molecule has 3 nitrogen and oxygen atoms in total. The topological polar surface area (TPSA) is 49.3 Å². The Morgan fingerprint density at radius 1 is 1.43 bits per heavy atom. The first-order chi connectivity index (χ1) is 9.97. The number of carboxylic acid groups (broad SMARTS) is 1. The van der Waals surface area contributed by atoms with Crippen LogP contribution in [0, 0.1) is 13.8 Å². The lowest BCUT2D eigenvalue weighted by molar-refractivity contribution is -0.144. The molecule has 0 bridgehead atoms. The maximum Gasteiger partial charge on any atom is 0.323 e. The van der Waals surface area contributed by atoms with Gasteiger partial charge >= 0.3 is 5.97 Å². The molecule has 1 aliphatic carbocycles. The van der Waals surface area contributed by atoms with Crippen molar-refractivity contribution in [3.05, 3.63) is 29.3 Å². The first-order valence-electron chi connectivity index (χ1n) is 7.69. The smallest absolute Gasteiger partial charge is 0.323 e. The molecule has 21 heavy (non-hydrogen) atoms. The summed E-state index contributed by atoms with van der Waals surface area (Å²) in [6.45, 7) is 7.08. The quantitative estimate of drug-likeness (QED) is 0.840. The summed E-state index contributed by atoms with van der Waals surface area (Å²) in [6, 6.07) is 6.50. The van der Waals surface area contributed by atoms with Crippen LogP contribution in [0.15, 0.2) is 23.1 Å². The average Bonchev–Trinajstić information content (AvgIpc) is 2.85. The molecule has 0 aromatic heterocycles. The first kappa shape index (κ1) is 16.4. The van der Waals surface area contributed by atoms with Gasteiger partial charge in [0.05, 0.1) is 0 Å². The number of hydrogen-bond acceptors (Lipinski definition) is 3. The van der Waals surface area contributed by atoms with Gasteiger partial charge in [-0.05, 0) is 69.3 Å². The van der Waals surface area contributed by atoms with E-state index in [1.807, 2.05) is 11.8 Å². The minimum atomic E-state index is -0.715. The molecule has 0 amide bonds. The van der Waals surface area contributed by atoms with Crippen molar-refractivity contribution in [2.24, 2.45) is 0 Å². The van der Waals surface area contributed by atoms with E-state index in [0.717, 1.165) is 25.8 Å². The zero-order valence-corrected chi connectivity index (χ0v) is 13.9. The van der Waals surface area contributed by atoms with E-state index in [4.69, 9.17) is 0 Å². The minimum absolute atomic E-state index is 0.382. The Kier molecular flexibility index (Phi) is 5.33. The summed E-state index contributed by atoms with van der Waals surface area (Å²) in [5.74, 6) is -0.695. The van der Waals surface area contributed by atoms with Crippen LogP contribution in [-0.4, -0.2) is 28.4 Å². The standard InChI is InChI=1S/C17H25NO2S/c1-4-9-18-17(16(19)20)8-7-15(11-17)21-14-6-5-12(2)13(3)10-14/h5-6,10,15,18H,4,7-9,11H2,1-3H3,(H,19,20).